The molecule has 3 aliphatic rings. The summed E-state index contributed by atoms with van der Waals surface area (Å²) in [6, 6.07) is 2.25. The second-order valence-electron chi connectivity index (χ2n) is 6.94. The first-order valence-corrected chi connectivity index (χ1v) is 9.44. The number of carbonyl (C=O) groups is 1. The molecule has 26 heavy (non-hydrogen) atoms. The number of pyridine rings is 1. The molecular formula is C17H24ClN5O3. The zero-order valence-corrected chi connectivity index (χ0v) is 15.4. The summed E-state index contributed by atoms with van der Waals surface area (Å²) in [5.74, 6) is 1.79. The maximum atomic E-state index is 12.5. The van der Waals surface area contributed by atoms with Crippen LogP contribution in [0.4, 0.5) is 11.6 Å². The first-order valence-electron chi connectivity index (χ1n) is 9.06. The number of nitrogens with two attached hydrogens (primary N) is 1. The molecule has 1 amide bonds. The molecule has 0 spiro atoms. The first kappa shape index (κ1) is 17.6. The number of anilines is 2. The number of hydrogen-bond donors (Lipinski definition) is 2. The Bertz CT molecular complexity index is 685. The molecule has 3 N–H and O–H groups in total. The number of aromatic nitrogens is 1. The molecular weight excluding hydrogens is 358 g/mol. The summed E-state index contributed by atoms with van der Waals surface area (Å²) >= 11 is 6.02. The second-order valence-corrected chi connectivity index (χ2v) is 7.35. The summed E-state index contributed by atoms with van der Waals surface area (Å²) in [5.41, 5.74) is 5.84. The molecule has 1 aromatic rings. The predicted octanol–water partition coefficient (Wildman–Crippen LogP) is 0.495. The van der Waals surface area contributed by atoms with Crippen molar-refractivity contribution < 1.29 is 14.3 Å². The van der Waals surface area contributed by atoms with Gasteiger partial charge in [0.05, 0.1) is 30.7 Å². The van der Waals surface area contributed by atoms with Crippen LogP contribution < -0.4 is 20.7 Å². The number of carbonyl (C=O) groups excluding carboxylic acids is 1. The van der Waals surface area contributed by atoms with E-state index in [-0.39, 0.29) is 11.9 Å². The SMILES string of the molecule is Nc1nc2c(cc1Cl)OCC1CN(C(=O)CCOCC3CCN3)CCN21. The topological polar surface area (TPSA) is 93.0 Å². The van der Waals surface area contributed by atoms with Gasteiger partial charge in [-0.2, -0.15) is 0 Å². The van der Waals surface area contributed by atoms with Gasteiger partial charge < -0.3 is 30.3 Å². The zero-order chi connectivity index (χ0) is 18.1. The highest BCUT2D eigenvalue weighted by molar-refractivity contribution is 6.33. The van der Waals surface area contributed by atoms with Crippen molar-refractivity contribution in [1.82, 2.24) is 15.2 Å². The van der Waals surface area contributed by atoms with Gasteiger partial charge in [0.2, 0.25) is 5.91 Å². The minimum Gasteiger partial charge on any atom is -0.487 e. The van der Waals surface area contributed by atoms with Crippen molar-refractivity contribution in [3.63, 3.8) is 0 Å². The predicted molar refractivity (Wildman–Crippen MR) is 98.7 cm³/mol. The Morgan fingerprint density at radius 1 is 1.50 bits per heavy atom. The number of rotatable bonds is 5. The maximum Gasteiger partial charge on any atom is 0.225 e. The fourth-order valence-corrected chi connectivity index (χ4v) is 3.65. The molecule has 0 saturated carbocycles. The van der Waals surface area contributed by atoms with Gasteiger partial charge in [-0.3, -0.25) is 4.79 Å². The van der Waals surface area contributed by atoms with Crippen molar-refractivity contribution in [2.24, 2.45) is 0 Å². The summed E-state index contributed by atoms with van der Waals surface area (Å²) < 4.78 is 11.4. The van der Waals surface area contributed by atoms with E-state index in [0.29, 0.717) is 74.3 Å². The van der Waals surface area contributed by atoms with Crippen LogP contribution in [-0.4, -0.2) is 73.9 Å². The van der Waals surface area contributed by atoms with Crippen LogP contribution in [0.3, 0.4) is 0 Å². The van der Waals surface area contributed by atoms with Gasteiger partial charge in [-0.25, -0.2) is 4.98 Å². The highest BCUT2D eigenvalue weighted by Crippen LogP contribution is 2.37. The van der Waals surface area contributed by atoms with E-state index in [1.54, 1.807) is 6.07 Å². The van der Waals surface area contributed by atoms with Crippen molar-refractivity contribution in [3.05, 3.63) is 11.1 Å². The molecule has 142 valence electrons. The van der Waals surface area contributed by atoms with E-state index in [9.17, 15) is 4.79 Å². The molecule has 3 aliphatic heterocycles. The van der Waals surface area contributed by atoms with Crippen molar-refractivity contribution >= 4 is 29.1 Å². The lowest BCUT2D eigenvalue weighted by molar-refractivity contribution is -0.133. The zero-order valence-electron chi connectivity index (χ0n) is 14.6. The average Bonchev–Trinajstić information content (AvgIpc) is 2.60. The van der Waals surface area contributed by atoms with Gasteiger partial charge in [-0.05, 0) is 13.0 Å². The highest BCUT2D eigenvalue weighted by atomic mass is 35.5. The number of nitrogens with zero attached hydrogens (tertiary/aromatic N) is 3. The molecule has 8 nitrogen and oxygen atoms in total. The number of nitrogens with one attached hydrogen (secondary N) is 1. The second kappa shape index (κ2) is 7.46. The molecule has 1 aromatic heterocycles. The first-order chi connectivity index (χ1) is 12.6. The van der Waals surface area contributed by atoms with Gasteiger partial charge in [-0.1, -0.05) is 11.6 Å². The Morgan fingerprint density at radius 3 is 3.12 bits per heavy atom. The summed E-state index contributed by atoms with van der Waals surface area (Å²) in [5, 5.41) is 3.68. The minimum atomic E-state index is 0.0772. The smallest absolute Gasteiger partial charge is 0.225 e. The van der Waals surface area contributed by atoms with E-state index in [0.717, 1.165) is 13.0 Å². The summed E-state index contributed by atoms with van der Waals surface area (Å²) in [6.07, 6.45) is 1.57. The summed E-state index contributed by atoms with van der Waals surface area (Å²) in [7, 11) is 0. The summed E-state index contributed by atoms with van der Waals surface area (Å²) in [6.45, 7) is 4.70. The van der Waals surface area contributed by atoms with Crippen LogP contribution in [0.2, 0.25) is 5.02 Å². The normalized spacial score (nSPS) is 24.3. The molecule has 9 heteroatoms. The third kappa shape index (κ3) is 3.54. The van der Waals surface area contributed by atoms with Gasteiger partial charge in [0.15, 0.2) is 11.6 Å². The minimum absolute atomic E-state index is 0.0772. The molecule has 4 heterocycles. The number of nitrogen functional groups attached to an aromatic ring is 1. The largest absolute Gasteiger partial charge is 0.487 e. The number of piperazine rings is 1. The van der Waals surface area contributed by atoms with Crippen LogP contribution >= 0.6 is 11.6 Å². The lowest BCUT2D eigenvalue weighted by Gasteiger charge is -2.44. The molecule has 0 aliphatic carbocycles. The van der Waals surface area contributed by atoms with Crippen molar-refractivity contribution in [2.75, 3.05) is 56.6 Å². The maximum absolute atomic E-state index is 12.5. The van der Waals surface area contributed by atoms with Crippen LogP contribution in [-0.2, 0) is 9.53 Å². The lowest BCUT2D eigenvalue weighted by Crippen LogP contribution is -2.58. The number of hydrogen-bond acceptors (Lipinski definition) is 7. The molecule has 2 fully saturated rings. The molecule has 2 atom stereocenters. The Morgan fingerprint density at radius 2 is 2.35 bits per heavy atom. The fraction of sp³-hybridized carbons (Fsp3) is 0.647. The van der Waals surface area contributed by atoms with Crippen molar-refractivity contribution in [2.45, 2.75) is 24.9 Å². The number of fused-ring (bicyclic) bond motifs is 3. The number of ether oxygens (including phenoxy) is 2. The van der Waals surface area contributed by atoms with Gasteiger partial charge in [0.1, 0.15) is 12.4 Å². The van der Waals surface area contributed by atoms with E-state index < -0.39 is 0 Å². The van der Waals surface area contributed by atoms with E-state index in [4.69, 9.17) is 26.8 Å². The fourth-order valence-electron chi connectivity index (χ4n) is 3.51. The monoisotopic (exact) mass is 381 g/mol. The van der Waals surface area contributed by atoms with Crippen LogP contribution in [0.1, 0.15) is 12.8 Å². The molecule has 2 saturated heterocycles. The van der Waals surface area contributed by atoms with Crippen LogP contribution in [0.25, 0.3) is 0 Å². The van der Waals surface area contributed by atoms with Gasteiger partial charge in [-0.15, -0.1) is 0 Å². The van der Waals surface area contributed by atoms with Crippen LogP contribution in [0.5, 0.6) is 5.75 Å². The molecule has 2 unspecified atom stereocenters. The van der Waals surface area contributed by atoms with Gasteiger partial charge in [0.25, 0.3) is 0 Å². The highest BCUT2D eigenvalue weighted by Gasteiger charge is 2.35. The van der Waals surface area contributed by atoms with Crippen LogP contribution in [0.15, 0.2) is 6.07 Å². The van der Waals surface area contributed by atoms with Crippen LogP contribution in [0, 0.1) is 0 Å². The third-order valence-corrected chi connectivity index (χ3v) is 5.50. The van der Waals surface area contributed by atoms with E-state index in [1.165, 1.54) is 0 Å². The summed E-state index contributed by atoms with van der Waals surface area (Å²) in [4.78, 5) is 20.9. The Kier molecular flexibility index (Phi) is 5.06. The Labute approximate surface area is 157 Å². The molecule has 0 bridgehead atoms. The lowest BCUT2D eigenvalue weighted by atomic mass is 10.1. The van der Waals surface area contributed by atoms with E-state index in [2.05, 4.69) is 15.2 Å². The quantitative estimate of drug-likeness (QED) is 0.717. The Balaban J connectivity index is 1.30. The molecule has 4 rings (SSSR count). The standard InChI is InChI=1S/C17H24ClN5O3/c18-13-7-14-17(21-16(13)19)23-5-4-22(8-12(23)10-26-14)15(24)2-6-25-9-11-1-3-20-11/h7,11-12,20H,1-6,8-10H2,(H2,19,21). The number of amides is 1. The molecule has 0 aromatic carbocycles. The Hall–Kier alpha value is -1.77. The van der Waals surface area contributed by atoms with E-state index in [1.807, 2.05) is 4.90 Å². The average molecular weight is 382 g/mol. The third-order valence-electron chi connectivity index (χ3n) is 5.19. The molecule has 0 radical (unpaired) electrons. The number of halogens is 1. The van der Waals surface area contributed by atoms with Crippen molar-refractivity contribution in [3.8, 4) is 5.75 Å². The van der Waals surface area contributed by atoms with E-state index >= 15 is 0 Å². The van der Waals surface area contributed by atoms with Gasteiger partial charge >= 0.3 is 0 Å². The van der Waals surface area contributed by atoms with Gasteiger partial charge in [0, 0.05) is 31.7 Å². The van der Waals surface area contributed by atoms with Crippen molar-refractivity contribution in [1.29, 1.82) is 0 Å².